The summed E-state index contributed by atoms with van der Waals surface area (Å²) in [5.74, 6) is -6.51. The van der Waals surface area contributed by atoms with Gasteiger partial charge in [0.2, 0.25) is 24.6 Å². The zero-order valence-electron chi connectivity index (χ0n) is 57.2. The Morgan fingerprint density at radius 2 is 0.910 bits per heavy atom. The molecule has 2 aliphatic rings. The fourth-order valence-corrected chi connectivity index (χ4v) is 12.8. The lowest BCUT2D eigenvalue weighted by molar-refractivity contribution is -0.171. The Kier molecular flexibility index (Phi) is 28.7. The number of carbonyl (C=O) groups excluding carboxylic acids is 8. The summed E-state index contributed by atoms with van der Waals surface area (Å²) >= 11 is 0. The summed E-state index contributed by atoms with van der Waals surface area (Å²) < 4.78 is 79.3. The van der Waals surface area contributed by atoms with Crippen LogP contribution in [0, 0.1) is 23.5 Å². The van der Waals surface area contributed by atoms with Gasteiger partial charge < -0.3 is 68.1 Å². The zero-order valence-corrected chi connectivity index (χ0v) is 58.2. The number of hydrogen-bond donors (Lipinski definition) is 4. The van der Waals surface area contributed by atoms with Crippen molar-refractivity contribution in [1.29, 1.82) is 0 Å². The maximum atomic E-state index is 15.2. The van der Waals surface area contributed by atoms with Gasteiger partial charge >= 0.3 is 20.2 Å². The molecular formula is C72H89F2N8O17P. The van der Waals surface area contributed by atoms with Crippen molar-refractivity contribution in [2.45, 2.75) is 144 Å². The molecule has 0 saturated carbocycles. The first-order valence-electron chi connectivity index (χ1n) is 34.2. The molecule has 4 heterocycles. The predicted molar refractivity (Wildman–Crippen MR) is 368 cm³/mol. The summed E-state index contributed by atoms with van der Waals surface area (Å²) in [4.78, 5) is 121. The van der Waals surface area contributed by atoms with Crippen LogP contribution >= 0.6 is 8.25 Å². The van der Waals surface area contributed by atoms with E-state index in [1.807, 2.05) is 23.6 Å². The summed E-state index contributed by atoms with van der Waals surface area (Å²) in [5, 5.41) is 12.3. The van der Waals surface area contributed by atoms with Gasteiger partial charge in [-0.1, -0.05) is 66.2 Å². The first-order chi connectivity index (χ1) is 48.4. The monoisotopic (exact) mass is 1410 g/mol. The number of carbonyl (C=O) groups is 8. The number of nitrogens with one attached hydrogen (secondary N) is 4. The minimum absolute atomic E-state index is 0.0469. The van der Waals surface area contributed by atoms with E-state index >= 15 is 8.78 Å². The largest absolute Gasteiger partial charge is 0.494 e. The van der Waals surface area contributed by atoms with E-state index in [-0.39, 0.29) is 85.1 Å². The van der Waals surface area contributed by atoms with Crippen LogP contribution in [-0.4, -0.2) is 123 Å². The Morgan fingerprint density at radius 1 is 0.520 bits per heavy atom. The maximum absolute atomic E-state index is 15.2. The van der Waals surface area contributed by atoms with Crippen LogP contribution in [0.3, 0.4) is 0 Å². The topological polar surface area (TPSA) is 296 Å². The number of hydrogen-bond acceptors (Lipinski definition) is 19. The van der Waals surface area contributed by atoms with Crippen LogP contribution in [0.2, 0.25) is 0 Å². The van der Waals surface area contributed by atoms with Crippen LogP contribution < -0.4 is 49.6 Å². The Balaban J connectivity index is 0.860. The fraction of sp³-hybridized carbons (Fsp3) is 0.444. The van der Waals surface area contributed by atoms with Gasteiger partial charge in [0.15, 0.2) is 11.5 Å². The minimum Gasteiger partial charge on any atom is -0.494 e. The van der Waals surface area contributed by atoms with Gasteiger partial charge in [0.05, 0.1) is 73.0 Å². The highest BCUT2D eigenvalue weighted by Gasteiger charge is 2.36. The highest BCUT2D eigenvalue weighted by Crippen LogP contribution is 2.40. The number of furan rings is 2. The molecule has 4 atom stereocenters. The van der Waals surface area contributed by atoms with Gasteiger partial charge in [0, 0.05) is 49.4 Å². The third-order valence-electron chi connectivity index (χ3n) is 17.2. The van der Waals surface area contributed by atoms with E-state index < -0.39 is 79.4 Å². The molecule has 6 aromatic rings. The molecule has 2 aromatic heterocycles. The molecular weight excluding hydrogens is 1320 g/mol. The standard InChI is InChI=1S/C72H89F2N8O17P/c1-7-13-15-21-55(59(9-3)81(45-83)96-71(89)47-23-25-61(57(73)39-47)79-31-17-18-32-79)67(85)75-43-77-69(87)65-29-27-63(94-65)49-35-51(92-11-5)41-53(37-49)98-100(91)99-54-38-50(36-52(42-54)93-12-6)64-28-30-66(95-64)70(88)78-44-76-68(86)56(22-16-14-8-2)60(10-4)82(46-84)97-72(90)48-24-26-62(58(74)40-48)80-33-19-20-34-80/h23-30,35-42,45-46,55-56,59-60,100H,7-22,31-34,43-44H2,1-6H3,(H,75,85)(H,76,86)(H,77,87)(H,78,88)/t55-,56-,59-,60-/m1/s1. The smallest absolute Gasteiger partial charge is 0.418 e. The second-order valence-electron chi connectivity index (χ2n) is 24.0. The second kappa shape index (κ2) is 37.9. The molecule has 2 saturated heterocycles. The first kappa shape index (κ1) is 75.9. The highest BCUT2D eigenvalue weighted by molar-refractivity contribution is 7.34. The molecule has 6 amide bonds. The SMILES string of the molecule is CCCCC[C@@H](C(=O)NCNC(=O)c1ccc(-c2cc(OCC)cc(O[PH](=O)Oc3cc(OCC)cc(-c4ccc(C(=O)NCNC(=O)[C@H](CCCCC)[C@@H](CC)N(C=O)OC(=O)c5ccc(N6CCCC6)c(F)c5)o4)c3)c2)o1)[C@@H](CC)N(C=O)OC(=O)c1ccc(N2CCCC2)c(F)c1. The van der Waals surface area contributed by atoms with Gasteiger partial charge in [-0.3, -0.25) is 28.8 Å². The van der Waals surface area contributed by atoms with Crippen molar-refractivity contribution in [1.82, 2.24) is 31.4 Å². The molecule has 25 nitrogen and oxygen atoms in total. The van der Waals surface area contributed by atoms with Crippen molar-refractivity contribution in [3.8, 4) is 45.6 Å². The molecule has 2 fully saturated rings. The molecule has 0 bridgehead atoms. The lowest BCUT2D eigenvalue weighted by Gasteiger charge is -2.31. The fourth-order valence-electron chi connectivity index (χ4n) is 12.2. The van der Waals surface area contributed by atoms with Crippen LogP contribution in [-0.2, 0) is 33.4 Å². The van der Waals surface area contributed by atoms with Crippen molar-refractivity contribution >= 4 is 68.0 Å². The Morgan fingerprint density at radius 3 is 1.26 bits per heavy atom. The Bertz CT molecular complexity index is 3560. The Labute approximate surface area is 580 Å². The molecule has 4 N–H and O–H groups in total. The van der Waals surface area contributed by atoms with Crippen molar-refractivity contribution in [2.75, 3.05) is 62.5 Å². The van der Waals surface area contributed by atoms with Crippen molar-refractivity contribution < 1.29 is 88.7 Å². The van der Waals surface area contributed by atoms with E-state index in [9.17, 15) is 42.9 Å². The van der Waals surface area contributed by atoms with E-state index in [1.165, 1.54) is 72.8 Å². The van der Waals surface area contributed by atoms with Gasteiger partial charge in [-0.2, -0.15) is 10.1 Å². The van der Waals surface area contributed by atoms with Crippen LogP contribution in [0.25, 0.3) is 22.6 Å². The average molecular weight is 1410 g/mol. The van der Waals surface area contributed by atoms with Crippen molar-refractivity contribution in [3.05, 3.63) is 131 Å². The number of halogens is 2. The van der Waals surface area contributed by atoms with Crippen molar-refractivity contribution in [3.63, 3.8) is 0 Å². The van der Waals surface area contributed by atoms with E-state index in [4.69, 9.17) is 37.0 Å². The average Bonchev–Trinajstić information content (AvgIpc) is 1.47. The van der Waals surface area contributed by atoms with Gasteiger partial charge in [0.25, 0.3) is 11.8 Å². The lowest BCUT2D eigenvalue weighted by Crippen LogP contribution is -2.49. The van der Waals surface area contributed by atoms with E-state index in [1.54, 1.807) is 39.8 Å². The van der Waals surface area contributed by atoms with Crippen LogP contribution in [0.4, 0.5) is 20.2 Å². The molecule has 0 unspecified atom stereocenters. The van der Waals surface area contributed by atoms with Crippen LogP contribution in [0.1, 0.15) is 173 Å². The quantitative estimate of drug-likeness (QED) is 0.00913. The number of rotatable bonds is 40. The first-order valence-corrected chi connectivity index (χ1v) is 35.4. The van der Waals surface area contributed by atoms with E-state index in [0.29, 0.717) is 98.7 Å². The number of ether oxygens (including phenoxy) is 2. The number of amides is 6. The molecule has 8 rings (SSSR count). The van der Waals surface area contributed by atoms with Gasteiger partial charge in [-0.25, -0.2) is 22.9 Å². The van der Waals surface area contributed by atoms with E-state index in [2.05, 4.69) is 21.3 Å². The maximum Gasteiger partial charge on any atom is 0.418 e. The molecule has 0 aliphatic carbocycles. The van der Waals surface area contributed by atoms with Crippen LogP contribution in [0.15, 0.2) is 106 Å². The summed E-state index contributed by atoms with van der Waals surface area (Å²) in [5.41, 5.74) is 1.26. The molecule has 4 aromatic carbocycles. The minimum atomic E-state index is -3.43. The zero-order chi connectivity index (χ0) is 71.7. The summed E-state index contributed by atoms with van der Waals surface area (Å²) in [7, 11) is -3.43. The molecule has 0 spiro atoms. The van der Waals surface area contributed by atoms with Crippen LogP contribution in [0.5, 0.6) is 23.0 Å². The molecule has 100 heavy (non-hydrogen) atoms. The number of unbranched alkanes of at least 4 members (excludes halogenated alkanes) is 4. The third-order valence-corrected chi connectivity index (χ3v) is 18.0. The highest BCUT2D eigenvalue weighted by atomic mass is 31.1. The summed E-state index contributed by atoms with van der Waals surface area (Å²) in [6.07, 6.45) is 9.86. The second-order valence-corrected chi connectivity index (χ2v) is 25.0. The van der Waals surface area contributed by atoms with E-state index in [0.717, 1.165) is 73.6 Å². The summed E-state index contributed by atoms with van der Waals surface area (Å²) in [6, 6.07) is 21.3. The third kappa shape index (κ3) is 20.6. The normalized spacial score (nSPS) is 13.9. The molecule has 28 heteroatoms. The molecule has 0 radical (unpaired) electrons. The molecule has 2 aliphatic heterocycles. The summed E-state index contributed by atoms with van der Waals surface area (Å²) in [6.45, 7) is 13.6. The van der Waals surface area contributed by atoms with Gasteiger partial charge in [-0.05, 0) is 150 Å². The van der Waals surface area contributed by atoms with Gasteiger partial charge in [0.1, 0.15) is 46.2 Å². The number of nitrogens with zero attached hydrogens (tertiary/aromatic N) is 4. The molecule has 538 valence electrons. The number of benzene rings is 4. The Hall–Kier alpha value is -9.91. The predicted octanol–water partition coefficient (Wildman–Crippen LogP) is 12.3. The lowest BCUT2D eigenvalue weighted by atomic mass is 9.90. The van der Waals surface area contributed by atoms with Gasteiger partial charge in [-0.15, -0.1) is 0 Å². The number of hydroxylamine groups is 4. The van der Waals surface area contributed by atoms with Crippen molar-refractivity contribution in [2.24, 2.45) is 11.8 Å². The number of anilines is 2.